The van der Waals surface area contributed by atoms with Crippen LogP contribution in [0.25, 0.3) is 22.0 Å². The van der Waals surface area contributed by atoms with Crippen LogP contribution in [0.4, 0.5) is 14.7 Å². The maximum absolute atomic E-state index is 13.5. The van der Waals surface area contributed by atoms with Crippen molar-refractivity contribution in [3.63, 3.8) is 0 Å². The van der Waals surface area contributed by atoms with E-state index in [9.17, 15) is 8.78 Å². The second-order valence-corrected chi connectivity index (χ2v) is 8.49. The Hall–Kier alpha value is -2.98. The van der Waals surface area contributed by atoms with Gasteiger partial charge >= 0.3 is 0 Å². The largest absolute Gasteiger partial charge is 0.350 e. The first-order valence-corrected chi connectivity index (χ1v) is 11.1. The van der Waals surface area contributed by atoms with Gasteiger partial charge in [0.1, 0.15) is 5.52 Å². The van der Waals surface area contributed by atoms with E-state index < -0.39 is 11.6 Å². The highest BCUT2D eigenvalue weighted by atomic mass is 32.1. The van der Waals surface area contributed by atoms with Crippen molar-refractivity contribution in [1.82, 2.24) is 29.8 Å². The highest BCUT2D eigenvalue weighted by Crippen LogP contribution is 2.28. The van der Waals surface area contributed by atoms with E-state index >= 15 is 0 Å². The number of hydrogen-bond acceptors (Lipinski definition) is 7. The first-order chi connectivity index (χ1) is 15.2. The van der Waals surface area contributed by atoms with Gasteiger partial charge in [0.15, 0.2) is 28.1 Å². The fraction of sp³-hybridized carbons (Fsp3) is 0.333. The molecule has 2 N–H and O–H groups in total. The Labute approximate surface area is 181 Å². The fourth-order valence-electron chi connectivity index (χ4n) is 3.84. The maximum Gasteiger partial charge on any atom is 0.225 e. The zero-order valence-corrected chi connectivity index (χ0v) is 17.5. The fourth-order valence-corrected chi connectivity index (χ4v) is 4.48. The molecule has 0 radical (unpaired) electrons. The van der Waals surface area contributed by atoms with Crippen LogP contribution in [0.5, 0.6) is 0 Å². The number of nitrogens with zero attached hydrogens (tertiary/aromatic N) is 5. The van der Waals surface area contributed by atoms with E-state index in [1.54, 1.807) is 23.7 Å². The van der Waals surface area contributed by atoms with Crippen LogP contribution >= 0.6 is 11.3 Å². The van der Waals surface area contributed by atoms with Crippen LogP contribution < -0.4 is 10.6 Å². The van der Waals surface area contributed by atoms with E-state index in [0.717, 1.165) is 55.0 Å². The van der Waals surface area contributed by atoms with E-state index in [1.807, 2.05) is 5.38 Å². The second kappa shape index (κ2) is 8.64. The molecule has 1 saturated heterocycles. The Bertz CT molecular complexity index is 1190. The predicted octanol–water partition coefficient (Wildman–Crippen LogP) is 3.84. The Kier molecular flexibility index (Phi) is 5.56. The molecule has 10 heteroatoms. The molecule has 160 valence electrons. The number of fused-ring (bicyclic) bond motifs is 1. The minimum atomic E-state index is -0.872. The smallest absolute Gasteiger partial charge is 0.225 e. The molecule has 0 saturated carbocycles. The molecule has 0 aliphatic carbocycles. The normalized spacial score (nSPS) is 16.6. The van der Waals surface area contributed by atoms with Gasteiger partial charge in [0.25, 0.3) is 0 Å². The van der Waals surface area contributed by atoms with E-state index in [-0.39, 0.29) is 6.54 Å². The van der Waals surface area contributed by atoms with Gasteiger partial charge in [-0.3, -0.25) is 0 Å². The Morgan fingerprint density at radius 1 is 1.19 bits per heavy atom. The van der Waals surface area contributed by atoms with Crippen molar-refractivity contribution in [3.05, 3.63) is 53.2 Å². The molecule has 1 aromatic carbocycles. The molecule has 0 spiro atoms. The molecule has 1 fully saturated rings. The minimum absolute atomic E-state index is 0.280. The first-order valence-electron chi connectivity index (χ1n) is 10.2. The highest BCUT2D eigenvalue weighted by molar-refractivity contribution is 7.13. The van der Waals surface area contributed by atoms with Crippen molar-refractivity contribution in [2.45, 2.75) is 25.9 Å². The van der Waals surface area contributed by atoms with Crippen molar-refractivity contribution in [3.8, 4) is 10.8 Å². The molecule has 4 heterocycles. The lowest BCUT2D eigenvalue weighted by Crippen LogP contribution is -2.32. The summed E-state index contributed by atoms with van der Waals surface area (Å²) in [7, 11) is 0. The number of halogens is 2. The number of aromatic nitrogens is 5. The topological polar surface area (TPSA) is 80.5 Å². The van der Waals surface area contributed by atoms with Gasteiger partial charge in [-0.05, 0) is 49.5 Å². The number of rotatable bonds is 6. The lowest BCUT2D eigenvalue weighted by molar-refractivity contribution is 0.341. The van der Waals surface area contributed by atoms with Crippen molar-refractivity contribution >= 4 is 28.4 Å². The molecule has 0 bridgehead atoms. The lowest BCUT2D eigenvalue weighted by atomic mass is 10.00. The van der Waals surface area contributed by atoms with E-state index in [1.165, 1.54) is 12.1 Å². The molecule has 1 aliphatic rings. The van der Waals surface area contributed by atoms with Crippen LogP contribution in [0.15, 0.2) is 36.0 Å². The summed E-state index contributed by atoms with van der Waals surface area (Å²) in [4.78, 5) is 18.2. The molecule has 4 aromatic rings. The monoisotopic (exact) mass is 441 g/mol. The molecular weight excluding hydrogens is 420 g/mol. The van der Waals surface area contributed by atoms with Crippen LogP contribution in [0.1, 0.15) is 18.4 Å². The average molecular weight is 442 g/mol. The average Bonchev–Trinajstić information content (AvgIpc) is 3.44. The van der Waals surface area contributed by atoms with Gasteiger partial charge in [0.05, 0.1) is 6.20 Å². The molecular formula is C21H21F2N7S. The van der Waals surface area contributed by atoms with Crippen molar-refractivity contribution in [2.75, 3.05) is 18.4 Å². The van der Waals surface area contributed by atoms with E-state index in [2.05, 4.69) is 25.2 Å². The van der Waals surface area contributed by atoms with Gasteiger partial charge < -0.3 is 15.2 Å². The van der Waals surface area contributed by atoms with Gasteiger partial charge in [-0.1, -0.05) is 6.07 Å². The van der Waals surface area contributed by atoms with Crippen molar-refractivity contribution in [1.29, 1.82) is 0 Å². The van der Waals surface area contributed by atoms with E-state index in [4.69, 9.17) is 9.97 Å². The summed E-state index contributed by atoms with van der Waals surface area (Å²) in [6.45, 7) is 3.09. The SMILES string of the molecule is Fc1ccc(CNc2ncc3nc(-c4nccs4)n(C[C@H]4CCCNC4)c3n2)cc1F. The number of anilines is 1. The molecule has 0 amide bonds. The van der Waals surface area contributed by atoms with Crippen molar-refractivity contribution < 1.29 is 8.78 Å². The highest BCUT2D eigenvalue weighted by Gasteiger charge is 2.21. The summed E-state index contributed by atoms with van der Waals surface area (Å²) in [5.41, 5.74) is 2.04. The van der Waals surface area contributed by atoms with Gasteiger partial charge in [-0.25, -0.2) is 23.7 Å². The Balaban J connectivity index is 1.46. The summed E-state index contributed by atoms with van der Waals surface area (Å²) in [5.74, 6) is -0.0490. The number of thiazole rings is 1. The minimum Gasteiger partial charge on any atom is -0.350 e. The number of hydrogen-bond donors (Lipinski definition) is 2. The third kappa shape index (κ3) is 4.26. The predicted molar refractivity (Wildman–Crippen MR) is 116 cm³/mol. The lowest BCUT2D eigenvalue weighted by Gasteiger charge is -2.23. The van der Waals surface area contributed by atoms with Gasteiger partial charge in [0.2, 0.25) is 5.95 Å². The summed E-state index contributed by atoms with van der Waals surface area (Å²) in [5, 5.41) is 9.33. The second-order valence-electron chi connectivity index (χ2n) is 7.60. The Morgan fingerprint density at radius 2 is 2.13 bits per heavy atom. The third-order valence-corrected chi connectivity index (χ3v) is 6.15. The summed E-state index contributed by atoms with van der Waals surface area (Å²) in [6, 6.07) is 3.82. The molecule has 7 nitrogen and oxygen atoms in total. The van der Waals surface area contributed by atoms with Crippen LogP contribution in [0, 0.1) is 17.6 Å². The molecule has 31 heavy (non-hydrogen) atoms. The third-order valence-electron chi connectivity index (χ3n) is 5.39. The van der Waals surface area contributed by atoms with E-state index in [0.29, 0.717) is 22.9 Å². The van der Waals surface area contributed by atoms with Crippen LogP contribution in [-0.2, 0) is 13.1 Å². The summed E-state index contributed by atoms with van der Waals surface area (Å²) < 4.78 is 28.7. The van der Waals surface area contributed by atoms with Crippen molar-refractivity contribution in [2.24, 2.45) is 5.92 Å². The molecule has 1 atom stereocenters. The quantitative estimate of drug-likeness (QED) is 0.473. The van der Waals surface area contributed by atoms with Crippen LogP contribution in [-0.4, -0.2) is 37.6 Å². The van der Waals surface area contributed by atoms with Gasteiger partial charge in [-0.15, -0.1) is 11.3 Å². The van der Waals surface area contributed by atoms with Crippen LogP contribution in [0.3, 0.4) is 0 Å². The zero-order chi connectivity index (χ0) is 21.2. The maximum atomic E-state index is 13.5. The van der Waals surface area contributed by atoms with Crippen LogP contribution in [0.2, 0.25) is 0 Å². The summed E-state index contributed by atoms with van der Waals surface area (Å²) >= 11 is 1.54. The molecule has 0 unspecified atom stereocenters. The number of nitrogens with one attached hydrogen (secondary N) is 2. The van der Waals surface area contributed by atoms with Gasteiger partial charge in [-0.2, -0.15) is 4.98 Å². The standard InChI is InChI=1S/C21H21F2N7S/c22-15-4-3-13(8-16(15)23)10-26-21-27-11-17-18(29-21)30(12-14-2-1-5-24-9-14)19(28-17)20-25-6-7-31-20/h3-4,6-8,11,14,24H,1-2,5,9-10,12H2,(H,26,27,29)/t14-/m0/s1. The zero-order valence-electron chi connectivity index (χ0n) is 16.7. The molecule has 3 aromatic heterocycles. The number of piperidine rings is 1. The number of imidazole rings is 1. The van der Waals surface area contributed by atoms with Gasteiger partial charge in [0, 0.05) is 24.7 Å². The Morgan fingerprint density at radius 3 is 2.90 bits per heavy atom. The first kappa shape index (κ1) is 20.0. The summed E-state index contributed by atoms with van der Waals surface area (Å²) in [6.07, 6.45) is 5.76. The molecule has 1 aliphatic heterocycles. The molecule has 5 rings (SSSR count). The number of benzene rings is 1.